The molecule has 5 atom stereocenters. The SMILES string of the molecule is [2H][C@@]1(n2ccc(NO)nc2=O)O[C@H](COC(=O)[C@H](N)CCCCN)[C@@H](O)[C@H]1O. The van der Waals surface area contributed by atoms with Crippen molar-refractivity contribution < 1.29 is 31.1 Å². The Morgan fingerprint density at radius 1 is 1.48 bits per heavy atom. The van der Waals surface area contributed by atoms with Gasteiger partial charge >= 0.3 is 11.7 Å². The molecular weight excluding hydrogens is 362 g/mol. The molecule has 0 amide bonds. The molecule has 0 radical (unpaired) electrons. The van der Waals surface area contributed by atoms with Gasteiger partial charge in [0.2, 0.25) is 0 Å². The zero-order chi connectivity index (χ0) is 20.9. The van der Waals surface area contributed by atoms with Crippen LogP contribution in [0.25, 0.3) is 0 Å². The van der Waals surface area contributed by atoms with Crippen LogP contribution in [0, 0.1) is 0 Å². The Balaban J connectivity index is 2.03. The van der Waals surface area contributed by atoms with Gasteiger partial charge in [-0.25, -0.2) is 4.79 Å². The van der Waals surface area contributed by atoms with Gasteiger partial charge in [-0.2, -0.15) is 4.98 Å². The van der Waals surface area contributed by atoms with Crippen LogP contribution < -0.4 is 22.6 Å². The highest BCUT2D eigenvalue weighted by Crippen LogP contribution is 2.28. The lowest BCUT2D eigenvalue weighted by atomic mass is 10.1. The van der Waals surface area contributed by atoms with Crippen molar-refractivity contribution in [3.8, 4) is 0 Å². The third-order valence-corrected chi connectivity index (χ3v) is 4.05. The third kappa shape index (κ3) is 5.22. The number of aliphatic hydroxyl groups excluding tert-OH is 2. The molecule has 1 aromatic heterocycles. The number of nitrogens with two attached hydrogens (primary N) is 2. The van der Waals surface area contributed by atoms with E-state index in [2.05, 4.69) is 4.98 Å². The predicted molar refractivity (Wildman–Crippen MR) is 91.7 cm³/mol. The van der Waals surface area contributed by atoms with Crippen molar-refractivity contribution in [2.45, 2.75) is 49.8 Å². The van der Waals surface area contributed by atoms with Gasteiger partial charge in [0.25, 0.3) is 0 Å². The number of nitrogens with zero attached hydrogens (tertiary/aromatic N) is 2. The first-order chi connectivity index (χ1) is 13.2. The summed E-state index contributed by atoms with van der Waals surface area (Å²) in [5.74, 6) is -0.894. The number of hydrogen-bond acceptors (Lipinski definition) is 11. The summed E-state index contributed by atoms with van der Waals surface area (Å²) >= 11 is 0. The number of ether oxygens (including phenoxy) is 2. The Hall–Kier alpha value is -2.09. The number of rotatable bonds is 9. The first-order valence-corrected chi connectivity index (χ1v) is 8.41. The van der Waals surface area contributed by atoms with E-state index in [9.17, 15) is 19.8 Å². The minimum absolute atomic E-state index is 0.174. The molecule has 1 saturated heterocycles. The molecule has 12 heteroatoms. The quantitative estimate of drug-likeness (QED) is 0.151. The summed E-state index contributed by atoms with van der Waals surface area (Å²) in [4.78, 5) is 27.4. The van der Waals surface area contributed by atoms with E-state index in [0.29, 0.717) is 30.4 Å². The molecule has 0 bridgehead atoms. The van der Waals surface area contributed by atoms with Crippen LogP contribution >= 0.6 is 0 Å². The van der Waals surface area contributed by atoms with Crippen LogP contribution in [0.5, 0.6) is 0 Å². The minimum Gasteiger partial charge on any atom is -0.462 e. The lowest BCUT2D eigenvalue weighted by molar-refractivity contribution is -0.151. The van der Waals surface area contributed by atoms with Crippen LogP contribution in [0.2, 0.25) is 0 Å². The molecule has 27 heavy (non-hydrogen) atoms. The molecule has 0 saturated carbocycles. The lowest BCUT2D eigenvalue weighted by Gasteiger charge is -2.17. The standard InChI is InChI=1S/C15H25N5O7/c16-5-2-1-3-8(17)14(23)26-7-9-11(21)12(22)13(27-9)20-6-4-10(19-25)18-15(20)24/h4,6,8-9,11-13,21-22,25H,1-3,5,7,16-17H2,(H,18,19,24)/t8-,9-,11-,12-,13-/m1/s1/i13D. The van der Waals surface area contributed by atoms with E-state index >= 15 is 0 Å². The molecule has 1 aliphatic rings. The topological polar surface area (TPSA) is 195 Å². The summed E-state index contributed by atoms with van der Waals surface area (Å²) in [7, 11) is 0. The predicted octanol–water partition coefficient (Wildman–Crippen LogP) is -2.34. The van der Waals surface area contributed by atoms with Crippen molar-refractivity contribution in [2.75, 3.05) is 18.6 Å². The molecule has 2 rings (SSSR count). The first-order valence-electron chi connectivity index (χ1n) is 8.91. The Kier molecular flexibility index (Phi) is 7.09. The van der Waals surface area contributed by atoms with E-state index in [1.54, 1.807) is 5.48 Å². The molecule has 12 nitrogen and oxygen atoms in total. The van der Waals surface area contributed by atoms with E-state index in [-0.39, 0.29) is 5.82 Å². The second kappa shape index (κ2) is 9.73. The van der Waals surface area contributed by atoms with Gasteiger partial charge in [-0.15, -0.1) is 0 Å². The van der Waals surface area contributed by atoms with Crippen LogP contribution in [-0.2, 0) is 14.3 Å². The number of unbranched alkanes of at least 4 members (excludes halogenated alkanes) is 1. The highest BCUT2D eigenvalue weighted by molar-refractivity contribution is 5.75. The van der Waals surface area contributed by atoms with Crippen molar-refractivity contribution in [3.05, 3.63) is 22.7 Å². The van der Waals surface area contributed by atoms with Crippen molar-refractivity contribution in [1.82, 2.24) is 9.55 Å². The van der Waals surface area contributed by atoms with E-state index in [1.807, 2.05) is 0 Å². The zero-order valence-corrected chi connectivity index (χ0v) is 14.5. The molecule has 1 fully saturated rings. The molecule has 0 aromatic carbocycles. The number of carbonyl (C=O) groups is 1. The molecule has 1 aliphatic heterocycles. The highest BCUT2D eigenvalue weighted by atomic mass is 16.6. The largest absolute Gasteiger partial charge is 0.462 e. The minimum atomic E-state index is -2.40. The summed E-state index contributed by atoms with van der Waals surface area (Å²) in [6.45, 7) is 0.0116. The molecule has 152 valence electrons. The lowest BCUT2D eigenvalue weighted by Crippen LogP contribution is -2.38. The molecule has 8 N–H and O–H groups in total. The number of aliphatic hydroxyl groups is 2. The van der Waals surface area contributed by atoms with Gasteiger partial charge in [-0.05, 0) is 25.5 Å². The summed E-state index contributed by atoms with van der Waals surface area (Å²) in [6.07, 6.45) is -4.32. The maximum Gasteiger partial charge on any atom is 0.351 e. The van der Waals surface area contributed by atoms with Crippen LogP contribution in [0.15, 0.2) is 17.1 Å². The number of hydrogen-bond donors (Lipinski definition) is 6. The third-order valence-electron chi connectivity index (χ3n) is 4.05. The fourth-order valence-electron chi connectivity index (χ4n) is 2.51. The van der Waals surface area contributed by atoms with Gasteiger partial charge in [0.1, 0.15) is 31.0 Å². The van der Waals surface area contributed by atoms with Gasteiger partial charge in [0, 0.05) is 6.20 Å². The smallest absolute Gasteiger partial charge is 0.351 e. The maximum absolute atomic E-state index is 12.0. The average Bonchev–Trinajstić information content (AvgIpc) is 2.90. The van der Waals surface area contributed by atoms with Crippen LogP contribution in [-0.4, -0.2) is 68.4 Å². The number of nitrogens with one attached hydrogen (secondary N) is 1. The van der Waals surface area contributed by atoms with Crippen molar-refractivity contribution in [3.63, 3.8) is 0 Å². The Morgan fingerprint density at radius 3 is 2.85 bits per heavy atom. The monoisotopic (exact) mass is 388 g/mol. The summed E-state index contributed by atoms with van der Waals surface area (Å²) in [5, 5.41) is 29.1. The normalized spacial score (nSPS) is 29.2. The van der Waals surface area contributed by atoms with Gasteiger partial charge in [0.15, 0.2) is 12.0 Å². The zero-order valence-electron chi connectivity index (χ0n) is 15.5. The Bertz CT molecular complexity index is 735. The van der Waals surface area contributed by atoms with E-state index in [4.69, 9.17) is 27.5 Å². The second-order valence-electron chi connectivity index (χ2n) is 6.03. The molecule has 0 spiro atoms. The van der Waals surface area contributed by atoms with Crippen molar-refractivity contribution >= 4 is 11.8 Å². The fraction of sp³-hybridized carbons (Fsp3) is 0.667. The molecule has 2 heterocycles. The second-order valence-corrected chi connectivity index (χ2v) is 6.03. The Morgan fingerprint density at radius 2 is 2.22 bits per heavy atom. The van der Waals surface area contributed by atoms with Crippen LogP contribution in [0.3, 0.4) is 0 Å². The van der Waals surface area contributed by atoms with Crippen molar-refractivity contribution in [2.24, 2.45) is 11.5 Å². The molecule has 0 aliphatic carbocycles. The number of carbonyl (C=O) groups excluding carboxylic acids is 1. The van der Waals surface area contributed by atoms with Crippen molar-refractivity contribution in [1.29, 1.82) is 0 Å². The van der Waals surface area contributed by atoms with Gasteiger partial charge < -0.3 is 31.2 Å². The summed E-state index contributed by atoms with van der Waals surface area (Å²) in [5.41, 5.74) is 11.7. The van der Waals surface area contributed by atoms with Gasteiger partial charge in [0.05, 0.1) is 1.37 Å². The maximum atomic E-state index is 12.0. The molecule has 1 aromatic rings. The number of anilines is 1. The van der Waals surface area contributed by atoms with Crippen LogP contribution in [0.1, 0.15) is 26.8 Å². The number of esters is 1. The van der Waals surface area contributed by atoms with Gasteiger partial charge in [-0.3, -0.25) is 20.0 Å². The molecule has 0 unspecified atom stereocenters. The number of aromatic nitrogens is 2. The van der Waals surface area contributed by atoms with Gasteiger partial charge in [-0.1, -0.05) is 6.42 Å². The summed E-state index contributed by atoms with van der Waals surface area (Å²) < 4.78 is 19.2. The Labute approximate surface area is 156 Å². The van der Waals surface area contributed by atoms with E-state index in [0.717, 1.165) is 12.3 Å². The average molecular weight is 388 g/mol. The van der Waals surface area contributed by atoms with E-state index in [1.165, 1.54) is 0 Å². The fourth-order valence-corrected chi connectivity index (χ4v) is 2.51. The summed E-state index contributed by atoms with van der Waals surface area (Å²) in [6, 6.07) is 0.287. The van der Waals surface area contributed by atoms with E-state index < -0.39 is 48.8 Å². The highest BCUT2D eigenvalue weighted by Gasteiger charge is 2.44. The van der Waals surface area contributed by atoms with Crippen LogP contribution in [0.4, 0.5) is 5.82 Å². The first kappa shape index (κ1) is 19.7. The molecular formula is C15H25N5O7.